The number of hydrogen-bond donors (Lipinski definition) is 14. The summed E-state index contributed by atoms with van der Waals surface area (Å²) in [4.78, 5) is 101. The minimum absolute atomic E-state index is 0.0412. The maximum absolute atomic E-state index is 14.4. The third-order valence-electron chi connectivity index (χ3n) is 16.5. The second-order valence-electron chi connectivity index (χ2n) is 23.7. The number of methoxy groups -OCH3 is 1. The first-order valence-electron chi connectivity index (χ1n) is 30.5. The molecule has 3 aliphatic heterocycles. The third-order valence-corrected chi connectivity index (χ3v) is 16.5. The summed E-state index contributed by atoms with van der Waals surface area (Å²) in [5.41, 5.74) is 9.49. The van der Waals surface area contributed by atoms with Crippen LogP contribution in [0.4, 0.5) is 4.79 Å². The predicted octanol–water partition coefficient (Wildman–Crippen LogP) is 0.183. The van der Waals surface area contributed by atoms with E-state index in [1.54, 1.807) is 39.8 Å². The fraction of sp³-hybridized carbons (Fsp3) is 0.469. The van der Waals surface area contributed by atoms with Gasteiger partial charge in [0.05, 0.1) is 12.1 Å². The van der Waals surface area contributed by atoms with E-state index in [1.165, 1.54) is 12.0 Å². The molecule has 496 valence electrons. The number of carboxylic acids is 2. The van der Waals surface area contributed by atoms with Crippen LogP contribution in [0.5, 0.6) is 0 Å². The van der Waals surface area contributed by atoms with Crippen molar-refractivity contribution in [2.75, 3.05) is 33.3 Å². The number of carbonyl (C=O) groups excluding carboxylic acids is 3. The number of aromatic nitrogens is 2. The Morgan fingerprint density at radius 3 is 1.93 bits per heavy atom. The normalized spacial score (nSPS) is 23.3. The highest BCUT2D eigenvalue weighted by molar-refractivity contribution is 5.94. The van der Waals surface area contributed by atoms with E-state index in [2.05, 4.69) is 41.9 Å². The van der Waals surface area contributed by atoms with Crippen LogP contribution in [0.1, 0.15) is 57.9 Å². The second kappa shape index (κ2) is 32.2. The summed E-state index contributed by atoms with van der Waals surface area (Å²) in [7, 11) is 1.29. The Morgan fingerprint density at radius 2 is 1.37 bits per heavy atom. The molecule has 3 aliphatic rings. The van der Waals surface area contributed by atoms with E-state index in [-0.39, 0.29) is 51.5 Å². The number of hydrogen-bond acceptors (Lipinski definition) is 20. The summed E-state index contributed by atoms with van der Waals surface area (Å²) in [6.07, 6.45) is -14.9. The number of amides is 4. The van der Waals surface area contributed by atoms with Crippen molar-refractivity contribution in [1.82, 2.24) is 46.4 Å². The molecule has 0 spiro atoms. The number of guanidine groups is 1. The first-order chi connectivity index (χ1) is 44.0. The highest BCUT2D eigenvalue weighted by Crippen LogP contribution is 2.37. The Morgan fingerprint density at radius 1 is 0.750 bits per heavy atom. The van der Waals surface area contributed by atoms with Crippen molar-refractivity contribution in [2.45, 2.75) is 145 Å². The molecule has 1 aromatic heterocycles. The lowest BCUT2D eigenvalue weighted by molar-refractivity contribution is -0.239. The number of aliphatic hydroxyl groups excluding tert-OH is 4. The topological polar surface area (TPSA) is 412 Å². The first kappa shape index (κ1) is 69.5. The van der Waals surface area contributed by atoms with E-state index < -0.39 is 144 Å². The monoisotopic (exact) mass is 1280 g/mol. The van der Waals surface area contributed by atoms with Gasteiger partial charge < -0.3 is 87.2 Å². The zero-order valence-electron chi connectivity index (χ0n) is 51.6. The molecule has 0 saturated carbocycles. The number of nitrogens with two attached hydrogens (primary N) is 1. The van der Waals surface area contributed by atoms with Crippen LogP contribution in [0, 0.1) is 11.8 Å². The van der Waals surface area contributed by atoms with E-state index in [4.69, 9.17) is 24.7 Å². The van der Waals surface area contributed by atoms with Gasteiger partial charge in [-0.15, -0.1) is 0 Å². The number of carboxylic acid groups (broad SMARTS) is 2. The molecule has 4 heterocycles. The van der Waals surface area contributed by atoms with Gasteiger partial charge in [0.25, 0.3) is 5.56 Å². The molecular weight excluding hydrogens is 1190 g/mol. The summed E-state index contributed by atoms with van der Waals surface area (Å²) in [6.45, 7) is 6.35. The van der Waals surface area contributed by atoms with Crippen LogP contribution in [0.15, 0.2) is 136 Å². The summed E-state index contributed by atoms with van der Waals surface area (Å²) in [5.74, 6) is -5.91. The molecule has 92 heavy (non-hydrogen) atoms. The number of aromatic amines is 1. The molecule has 2 fully saturated rings. The molecule has 8 rings (SSSR count). The number of rotatable bonds is 30. The Bertz CT molecular complexity index is 3410. The Kier molecular flexibility index (Phi) is 24.3. The number of ether oxygens (including phenoxy) is 4. The molecular formula is C64H83N11O17. The molecule has 28 nitrogen and oxygen atoms in total. The number of carbonyl (C=O) groups is 5. The van der Waals surface area contributed by atoms with Crippen molar-refractivity contribution in [3.63, 3.8) is 0 Å². The zero-order chi connectivity index (χ0) is 66.3. The van der Waals surface area contributed by atoms with Gasteiger partial charge in [-0.2, -0.15) is 0 Å². The van der Waals surface area contributed by atoms with Gasteiger partial charge in [0.2, 0.25) is 11.8 Å². The van der Waals surface area contributed by atoms with Crippen molar-refractivity contribution in [2.24, 2.45) is 22.6 Å². The van der Waals surface area contributed by atoms with Gasteiger partial charge in [0, 0.05) is 58.6 Å². The molecule has 15 N–H and O–H groups in total. The quantitative estimate of drug-likeness (QED) is 0.0273. The largest absolute Gasteiger partial charge is 0.480 e. The van der Waals surface area contributed by atoms with Gasteiger partial charge in [0.1, 0.15) is 66.9 Å². The predicted molar refractivity (Wildman–Crippen MR) is 335 cm³/mol. The van der Waals surface area contributed by atoms with E-state index in [0.717, 1.165) is 44.6 Å². The molecule has 0 bridgehead atoms. The average molecular weight is 1280 g/mol. The van der Waals surface area contributed by atoms with Crippen LogP contribution in [0.25, 0.3) is 22.3 Å². The summed E-state index contributed by atoms with van der Waals surface area (Å²) in [5, 5.41) is 84.7. The number of H-pyrrole nitrogens is 1. The van der Waals surface area contributed by atoms with Crippen LogP contribution in [0.2, 0.25) is 0 Å². The molecule has 28 heteroatoms. The van der Waals surface area contributed by atoms with Gasteiger partial charge in [-0.05, 0) is 58.1 Å². The molecule has 5 aromatic rings. The van der Waals surface area contributed by atoms with Crippen molar-refractivity contribution in [3.05, 3.63) is 153 Å². The van der Waals surface area contributed by atoms with Crippen LogP contribution in [-0.4, -0.2) is 199 Å². The van der Waals surface area contributed by atoms with Gasteiger partial charge in [-0.25, -0.2) is 14.4 Å². The summed E-state index contributed by atoms with van der Waals surface area (Å²) >= 11 is 0. The molecule has 4 aromatic carbocycles. The van der Waals surface area contributed by atoms with Crippen LogP contribution in [-0.2, 0) is 51.2 Å². The molecule has 0 aliphatic carbocycles. The minimum Gasteiger partial charge on any atom is -0.480 e. The molecule has 4 amide bonds. The Balaban J connectivity index is 1.07. The number of benzene rings is 4. The standard InChI is InChI=1S/C64H83N11O17/c1-34(2)45(59(83)84)72-63(87)73-46(42-25-28-68-62(65)69-42)57(82)71-47(49(77)35(3)4)56(81)67-27-12-29-74(33-37-19-23-41(24-20-37)39-15-10-7-11-16-39)48(60(85)86)53(54-51(79)52(80)58(91-54)75-30-26-44(76)70-64(75)88)92-61-55(89-5)50(78)43(90-61)32-66-31-36-17-21-40(22-18-36)38-13-8-6-9-14-38/h6-11,13-24,26,30,34-35,42-43,45-55,58,61,66,77-80H,12,25,27-29,31-33H2,1-5H3,(H,67,81)(H,71,82)(H,83,84)(H,85,86)(H3,65,68,69)(H,70,76,88)(H2,72,73,87)/t42?,43-,45?,46?,47?,48?,49?,50+,51+,52-,53-,54+,55-,58-,61?/m1/s1. The molecule has 2 saturated heterocycles. The molecule has 15 atom stereocenters. The lowest BCUT2D eigenvalue weighted by atomic mass is 9.96. The summed E-state index contributed by atoms with van der Waals surface area (Å²) in [6, 6.07) is 27.2. The zero-order valence-corrected chi connectivity index (χ0v) is 51.6. The van der Waals surface area contributed by atoms with E-state index in [9.17, 15) is 64.2 Å². The van der Waals surface area contributed by atoms with Crippen LogP contribution in [0.3, 0.4) is 0 Å². The second-order valence-corrected chi connectivity index (χ2v) is 23.7. The van der Waals surface area contributed by atoms with Gasteiger partial charge in [-0.3, -0.25) is 38.6 Å². The van der Waals surface area contributed by atoms with Crippen molar-refractivity contribution in [1.29, 1.82) is 0 Å². The van der Waals surface area contributed by atoms with E-state index >= 15 is 0 Å². The SMILES string of the molecule is CO[C@H]1C(O[C@H](C(C(=O)O)N(CCCNC(=O)C(NC(=O)C(NC(=O)NC(C(=O)O)C(C)C)C2CCN=C(N)N2)C(O)C(C)C)Cc2ccc(-c3ccccc3)cc2)[C@H]2O[C@@H](n3ccc(=O)[nH]c3=O)[C@H](O)[C@@H]2O)O[C@H](CNCc2ccc(-c3ccccc3)cc2)[C@@H]1O. The molecule has 7 unspecified atom stereocenters. The van der Waals surface area contributed by atoms with Crippen molar-refractivity contribution in [3.8, 4) is 22.3 Å². The number of aliphatic carboxylic acids is 2. The maximum Gasteiger partial charge on any atom is 0.330 e. The number of aliphatic hydroxyl groups is 4. The lowest BCUT2D eigenvalue weighted by Gasteiger charge is -2.39. The van der Waals surface area contributed by atoms with Gasteiger partial charge >= 0.3 is 23.7 Å². The fourth-order valence-electron chi connectivity index (χ4n) is 11.4. The van der Waals surface area contributed by atoms with E-state index in [0.29, 0.717) is 12.1 Å². The van der Waals surface area contributed by atoms with Crippen molar-refractivity contribution >= 4 is 35.7 Å². The number of nitrogens with one attached hydrogen (secondary N) is 7. The minimum atomic E-state index is -1.99. The first-order valence-corrected chi connectivity index (χ1v) is 30.5. The fourth-order valence-corrected chi connectivity index (χ4v) is 11.4. The number of nitrogens with zero attached hydrogens (tertiary/aromatic N) is 3. The number of aliphatic imine (C=N–C) groups is 1. The Hall–Kier alpha value is -8.42. The average Bonchev–Trinajstić information content (AvgIpc) is 1.63. The third kappa shape index (κ3) is 17.6. The number of urea groups is 1. The Labute approximate surface area is 530 Å². The molecule has 0 radical (unpaired) electrons. The van der Waals surface area contributed by atoms with Gasteiger partial charge in [-0.1, -0.05) is 137 Å². The highest BCUT2D eigenvalue weighted by Gasteiger charge is 2.55. The smallest absolute Gasteiger partial charge is 0.330 e. The van der Waals surface area contributed by atoms with Crippen molar-refractivity contribution < 1.29 is 73.6 Å². The van der Waals surface area contributed by atoms with E-state index in [1.807, 2.05) is 97.1 Å². The van der Waals surface area contributed by atoms with Gasteiger partial charge in [0.15, 0.2) is 18.5 Å². The van der Waals surface area contributed by atoms with Crippen LogP contribution >= 0.6 is 0 Å². The summed E-state index contributed by atoms with van der Waals surface area (Å²) < 4.78 is 25.9. The van der Waals surface area contributed by atoms with Crippen LogP contribution < -0.4 is 48.9 Å². The maximum atomic E-state index is 14.4. The lowest BCUT2D eigenvalue weighted by Crippen LogP contribution is -2.66. The highest BCUT2D eigenvalue weighted by atomic mass is 16.7.